The average molecular weight is 309 g/mol. The number of aryl methyl sites for hydroxylation is 1. The van der Waals surface area contributed by atoms with E-state index in [0.717, 1.165) is 11.1 Å². The van der Waals surface area contributed by atoms with Crippen molar-refractivity contribution in [3.05, 3.63) is 65.8 Å². The van der Waals surface area contributed by atoms with Crippen LogP contribution in [0.5, 0.6) is 0 Å². The number of aromatic nitrogens is 3. The Morgan fingerprint density at radius 2 is 1.91 bits per heavy atom. The van der Waals surface area contributed by atoms with E-state index in [4.69, 9.17) is 9.15 Å². The molecule has 6 heteroatoms. The van der Waals surface area contributed by atoms with Gasteiger partial charge < -0.3 is 9.15 Å². The summed E-state index contributed by atoms with van der Waals surface area (Å²) in [5, 5.41) is 7.94. The summed E-state index contributed by atoms with van der Waals surface area (Å²) in [5.74, 6) is 0.0961. The molecule has 2 heterocycles. The van der Waals surface area contributed by atoms with Crippen LogP contribution in [0.2, 0.25) is 0 Å². The summed E-state index contributed by atoms with van der Waals surface area (Å²) in [4.78, 5) is 15.9. The van der Waals surface area contributed by atoms with Crippen LogP contribution in [0.4, 0.5) is 0 Å². The third kappa shape index (κ3) is 3.42. The Morgan fingerprint density at radius 1 is 1.13 bits per heavy atom. The van der Waals surface area contributed by atoms with Gasteiger partial charge in [0.15, 0.2) is 6.10 Å². The lowest BCUT2D eigenvalue weighted by molar-refractivity contribution is 0.0273. The Hall–Kier alpha value is -3.02. The van der Waals surface area contributed by atoms with Gasteiger partial charge in [0.2, 0.25) is 5.89 Å². The second-order valence-corrected chi connectivity index (χ2v) is 5.07. The van der Waals surface area contributed by atoms with E-state index in [-0.39, 0.29) is 11.6 Å². The average Bonchev–Trinajstić information content (AvgIpc) is 3.06. The van der Waals surface area contributed by atoms with Crippen LogP contribution in [0.3, 0.4) is 0 Å². The molecule has 0 N–H and O–H groups in total. The predicted octanol–water partition coefficient (Wildman–Crippen LogP) is 3.36. The summed E-state index contributed by atoms with van der Waals surface area (Å²) in [6.45, 7) is 3.68. The fourth-order valence-corrected chi connectivity index (χ4v) is 1.97. The fraction of sp³-hybridized carbons (Fsp3) is 0.176. The molecule has 1 aromatic carbocycles. The number of hydrogen-bond donors (Lipinski definition) is 0. The fourth-order valence-electron chi connectivity index (χ4n) is 1.97. The molecule has 0 aliphatic heterocycles. The van der Waals surface area contributed by atoms with Gasteiger partial charge in [-0.2, -0.15) is 0 Å². The van der Waals surface area contributed by atoms with Gasteiger partial charge in [-0.05, 0) is 38.1 Å². The Kier molecular flexibility index (Phi) is 4.14. The standard InChI is InChI=1S/C17H15N3O3/c1-11-6-8-13(9-7-11)16-20-19-15(23-16)12(2)22-17(21)14-5-3-4-10-18-14/h3-10,12H,1-2H3/t12-/m1/s1. The van der Waals surface area contributed by atoms with E-state index in [9.17, 15) is 4.79 Å². The number of pyridine rings is 1. The molecule has 116 valence electrons. The number of esters is 1. The molecule has 0 aliphatic carbocycles. The molecule has 0 saturated carbocycles. The molecule has 0 amide bonds. The predicted molar refractivity (Wildman–Crippen MR) is 82.5 cm³/mol. The van der Waals surface area contributed by atoms with Gasteiger partial charge in [0, 0.05) is 11.8 Å². The number of hydrogen-bond acceptors (Lipinski definition) is 6. The van der Waals surface area contributed by atoms with Crippen LogP contribution in [0, 0.1) is 6.92 Å². The summed E-state index contributed by atoms with van der Waals surface area (Å²) < 4.78 is 10.9. The van der Waals surface area contributed by atoms with Gasteiger partial charge in [-0.15, -0.1) is 10.2 Å². The smallest absolute Gasteiger partial charge is 0.357 e. The number of rotatable bonds is 4. The number of ether oxygens (including phenoxy) is 1. The number of nitrogens with zero attached hydrogens (tertiary/aromatic N) is 3. The first-order valence-electron chi connectivity index (χ1n) is 7.16. The largest absolute Gasteiger partial charge is 0.448 e. The SMILES string of the molecule is Cc1ccc(-c2nnc([C@@H](C)OC(=O)c3ccccn3)o2)cc1. The van der Waals surface area contributed by atoms with E-state index in [1.165, 1.54) is 6.20 Å². The molecular formula is C17H15N3O3. The first-order chi connectivity index (χ1) is 11.1. The summed E-state index contributed by atoms with van der Waals surface area (Å²) in [6, 6.07) is 12.8. The summed E-state index contributed by atoms with van der Waals surface area (Å²) in [5.41, 5.74) is 2.20. The highest BCUT2D eigenvalue weighted by Crippen LogP contribution is 2.23. The zero-order valence-corrected chi connectivity index (χ0v) is 12.8. The number of benzene rings is 1. The molecule has 0 fully saturated rings. The van der Waals surface area contributed by atoms with Crippen molar-refractivity contribution in [1.29, 1.82) is 0 Å². The van der Waals surface area contributed by atoms with Crippen LogP contribution in [-0.2, 0) is 4.74 Å². The van der Waals surface area contributed by atoms with Crippen LogP contribution >= 0.6 is 0 Å². The van der Waals surface area contributed by atoms with E-state index in [1.807, 2.05) is 31.2 Å². The highest BCUT2D eigenvalue weighted by Gasteiger charge is 2.20. The van der Waals surface area contributed by atoms with E-state index in [1.54, 1.807) is 25.1 Å². The first-order valence-corrected chi connectivity index (χ1v) is 7.16. The highest BCUT2D eigenvalue weighted by atomic mass is 16.6. The topological polar surface area (TPSA) is 78.1 Å². The van der Waals surface area contributed by atoms with Crippen molar-refractivity contribution in [3.8, 4) is 11.5 Å². The van der Waals surface area contributed by atoms with Gasteiger partial charge in [0.25, 0.3) is 5.89 Å². The maximum atomic E-state index is 12.0. The monoisotopic (exact) mass is 309 g/mol. The molecule has 3 rings (SSSR count). The summed E-state index contributed by atoms with van der Waals surface area (Å²) in [7, 11) is 0. The minimum absolute atomic E-state index is 0.234. The van der Waals surface area contributed by atoms with Gasteiger partial charge in [-0.1, -0.05) is 23.8 Å². The maximum Gasteiger partial charge on any atom is 0.357 e. The molecule has 6 nitrogen and oxygen atoms in total. The maximum absolute atomic E-state index is 12.0. The molecule has 23 heavy (non-hydrogen) atoms. The van der Waals surface area contributed by atoms with Crippen LogP contribution in [-0.4, -0.2) is 21.2 Å². The molecular weight excluding hydrogens is 294 g/mol. The van der Waals surface area contributed by atoms with Gasteiger partial charge in [-0.3, -0.25) is 0 Å². The van der Waals surface area contributed by atoms with Gasteiger partial charge >= 0.3 is 5.97 Å². The molecule has 3 aromatic rings. The second kappa shape index (κ2) is 6.39. The normalized spacial score (nSPS) is 11.9. The quantitative estimate of drug-likeness (QED) is 0.688. The molecule has 2 aromatic heterocycles. The van der Waals surface area contributed by atoms with Crippen molar-refractivity contribution in [2.45, 2.75) is 20.0 Å². The lowest BCUT2D eigenvalue weighted by Gasteiger charge is -2.08. The highest BCUT2D eigenvalue weighted by molar-refractivity contribution is 5.87. The van der Waals surface area contributed by atoms with Gasteiger partial charge in [0.1, 0.15) is 5.69 Å². The van der Waals surface area contributed by atoms with Crippen molar-refractivity contribution in [2.24, 2.45) is 0 Å². The first kappa shape index (κ1) is 14.9. The van der Waals surface area contributed by atoms with Crippen molar-refractivity contribution in [3.63, 3.8) is 0 Å². The summed E-state index contributed by atoms with van der Waals surface area (Å²) in [6.07, 6.45) is 0.875. The lowest BCUT2D eigenvalue weighted by Crippen LogP contribution is -2.10. The van der Waals surface area contributed by atoms with E-state index in [0.29, 0.717) is 5.89 Å². The molecule has 0 saturated heterocycles. The van der Waals surface area contributed by atoms with Crippen LogP contribution in [0.25, 0.3) is 11.5 Å². The third-order valence-electron chi connectivity index (χ3n) is 3.24. The van der Waals surface area contributed by atoms with Gasteiger partial charge in [-0.25, -0.2) is 9.78 Å². The molecule has 0 unspecified atom stereocenters. The molecule has 1 atom stereocenters. The van der Waals surface area contributed by atoms with E-state index in [2.05, 4.69) is 15.2 Å². The van der Waals surface area contributed by atoms with Crippen molar-refractivity contribution < 1.29 is 13.9 Å². The summed E-state index contributed by atoms with van der Waals surface area (Å²) >= 11 is 0. The van der Waals surface area contributed by atoms with Gasteiger partial charge in [0.05, 0.1) is 0 Å². The Bertz CT molecular complexity index is 797. The van der Waals surface area contributed by atoms with Crippen molar-refractivity contribution in [2.75, 3.05) is 0 Å². The second-order valence-electron chi connectivity index (χ2n) is 5.07. The Morgan fingerprint density at radius 3 is 2.61 bits per heavy atom. The van der Waals surface area contributed by atoms with E-state index >= 15 is 0 Å². The molecule has 0 aliphatic rings. The molecule has 0 radical (unpaired) electrons. The Balaban J connectivity index is 1.72. The number of carbonyl (C=O) groups is 1. The van der Waals surface area contributed by atoms with Crippen molar-refractivity contribution in [1.82, 2.24) is 15.2 Å². The van der Waals surface area contributed by atoms with Crippen molar-refractivity contribution >= 4 is 5.97 Å². The Labute approximate surface area is 133 Å². The minimum atomic E-state index is -0.656. The van der Waals surface area contributed by atoms with Crippen LogP contribution < -0.4 is 0 Å². The van der Waals surface area contributed by atoms with Crippen LogP contribution in [0.1, 0.15) is 35.0 Å². The lowest BCUT2D eigenvalue weighted by atomic mass is 10.1. The zero-order valence-electron chi connectivity index (χ0n) is 12.8. The zero-order chi connectivity index (χ0) is 16.2. The van der Waals surface area contributed by atoms with Crippen LogP contribution in [0.15, 0.2) is 53.1 Å². The number of carbonyl (C=O) groups excluding carboxylic acids is 1. The van der Waals surface area contributed by atoms with E-state index < -0.39 is 12.1 Å². The molecule has 0 spiro atoms. The minimum Gasteiger partial charge on any atom is -0.448 e. The third-order valence-corrected chi connectivity index (χ3v) is 3.24. The molecule has 0 bridgehead atoms.